The number of aromatic nitrogens is 1. The molecule has 1 atom stereocenters. The molecule has 2 heterocycles. The number of imide groups is 1. The van der Waals surface area contributed by atoms with E-state index in [0.29, 0.717) is 10.7 Å². The third-order valence-electron chi connectivity index (χ3n) is 3.51. The number of rotatable bonds is 4. The first-order chi connectivity index (χ1) is 11.9. The van der Waals surface area contributed by atoms with Gasteiger partial charge in [-0.3, -0.25) is 9.59 Å². The predicted octanol–water partition coefficient (Wildman–Crippen LogP) is 2.18. The van der Waals surface area contributed by atoms with Gasteiger partial charge in [0.1, 0.15) is 5.03 Å². The van der Waals surface area contributed by atoms with Crippen LogP contribution in [-0.2, 0) is 9.59 Å². The van der Waals surface area contributed by atoms with E-state index in [9.17, 15) is 19.5 Å². The molecule has 2 amide bonds. The van der Waals surface area contributed by atoms with Crippen LogP contribution in [0, 0.1) is 0 Å². The smallest absolute Gasteiger partial charge is 0.247 e. The molecule has 0 spiro atoms. The molecule has 2 aromatic rings. The highest BCUT2D eigenvalue weighted by atomic mass is 35.5. The Kier molecular flexibility index (Phi) is 4.99. The van der Waals surface area contributed by atoms with Gasteiger partial charge < -0.3 is 9.90 Å². The molecule has 1 aliphatic rings. The van der Waals surface area contributed by atoms with E-state index in [4.69, 9.17) is 23.2 Å². The number of carboxylic acid groups (broad SMARTS) is 1. The lowest BCUT2D eigenvalue weighted by Gasteiger charge is -2.16. The average Bonchev–Trinajstić information content (AvgIpc) is 2.84. The van der Waals surface area contributed by atoms with Crippen LogP contribution in [0.1, 0.15) is 16.8 Å². The van der Waals surface area contributed by atoms with Crippen molar-refractivity contribution in [1.82, 2.24) is 4.98 Å². The summed E-state index contributed by atoms with van der Waals surface area (Å²) < 4.78 is 0. The number of anilines is 1. The van der Waals surface area contributed by atoms with E-state index >= 15 is 0 Å². The van der Waals surface area contributed by atoms with Gasteiger partial charge in [-0.05, 0) is 30.3 Å². The largest absolute Gasteiger partial charge is 0.545 e. The zero-order chi connectivity index (χ0) is 18.1. The van der Waals surface area contributed by atoms with Gasteiger partial charge in [0.2, 0.25) is 11.8 Å². The van der Waals surface area contributed by atoms with Gasteiger partial charge in [-0.2, -0.15) is 0 Å². The zero-order valence-corrected chi connectivity index (χ0v) is 14.8. The monoisotopic (exact) mass is 395 g/mol. The highest BCUT2D eigenvalue weighted by Crippen LogP contribution is 2.36. The number of carboxylic acids is 1. The van der Waals surface area contributed by atoms with Crippen molar-refractivity contribution in [3.63, 3.8) is 0 Å². The van der Waals surface area contributed by atoms with E-state index < -0.39 is 23.0 Å². The fourth-order valence-electron chi connectivity index (χ4n) is 2.37. The molecule has 1 aromatic heterocycles. The Hall–Kier alpha value is -2.09. The Bertz CT molecular complexity index is 890. The lowest BCUT2D eigenvalue weighted by atomic mass is 10.3. The van der Waals surface area contributed by atoms with Crippen molar-refractivity contribution >= 4 is 58.4 Å². The van der Waals surface area contributed by atoms with Crippen LogP contribution in [0.2, 0.25) is 10.0 Å². The maximum atomic E-state index is 12.6. The third-order valence-corrected chi connectivity index (χ3v) is 5.45. The number of aromatic carboxylic acids is 1. The molecule has 9 heteroatoms. The van der Waals surface area contributed by atoms with E-state index in [2.05, 4.69) is 4.98 Å². The van der Waals surface area contributed by atoms with Crippen LogP contribution >= 0.6 is 35.0 Å². The minimum absolute atomic E-state index is 0.0766. The fourth-order valence-corrected chi connectivity index (χ4v) is 3.76. The number of carbonyl (C=O) groups is 3. The Labute approximate surface area is 156 Å². The third kappa shape index (κ3) is 3.49. The summed E-state index contributed by atoms with van der Waals surface area (Å²) in [7, 11) is 0. The molecule has 3 rings (SSSR count). The van der Waals surface area contributed by atoms with Gasteiger partial charge in [-0.25, -0.2) is 9.88 Å². The molecular weight excluding hydrogens is 387 g/mol. The molecule has 1 fully saturated rings. The molecule has 0 unspecified atom stereocenters. The predicted molar refractivity (Wildman–Crippen MR) is 91.8 cm³/mol. The zero-order valence-electron chi connectivity index (χ0n) is 12.4. The number of hydrogen-bond acceptors (Lipinski definition) is 6. The number of halogens is 2. The Morgan fingerprint density at radius 3 is 2.68 bits per heavy atom. The SMILES string of the molecule is O=C([O-])c1cccnc1S[C@@H]1CC(=O)N(c2ccc(Cl)c(Cl)c2)C1=O. The van der Waals surface area contributed by atoms with Gasteiger partial charge in [-0.1, -0.05) is 35.0 Å². The Balaban J connectivity index is 1.87. The molecule has 6 nitrogen and oxygen atoms in total. The van der Waals surface area contributed by atoms with Crippen molar-refractivity contribution in [3.8, 4) is 0 Å². The number of pyridine rings is 1. The molecule has 1 aliphatic heterocycles. The molecule has 0 saturated carbocycles. The maximum absolute atomic E-state index is 12.6. The number of nitrogens with zero attached hydrogens (tertiary/aromatic N) is 2. The normalized spacial score (nSPS) is 17.2. The van der Waals surface area contributed by atoms with Crippen molar-refractivity contribution in [3.05, 3.63) is 52.1 Å². The summed E-state index contributed by atoms with van der Waals surface area (Å²) >= 11 is 12.7. The summed E-state index contributed by atoms with van der Waals surface area (Å²) in [4.78, 5) is 41.0. The topological polar surface area (TPSA) is 90.4 Å². The van der Waals surface area contributed by atoms with Crippen LogP contribution in [0.3, 0.4) is 0 Å². The van der Waals surface area contributed by atoms with Gasteiger partial charge in [0, 0.05) is 18.2 Å². The van der Waals surface area contributed by atoms with Crippen molar-refractivity contribution < 1.29 is 19.5 Å². The summed E-state index contributed by atoms with van der Waals surface area (Å²) in [5.41, 5.74) is 0.189. The van der Waals surface area contributed by atoms with Gasteiger partial charge in [0.25, 0.3) is 0 Å². The molecule has 1 aromatic carbocycles. The maximum Gasteiger partial charge on any atom is 0.247 e. The summed E-state index contributed by atoms with van der Waals surface area (Å²) in [5, 5.41) is 11.0. The lowest BCUT2D eigenvalue weighted by molar-refractivity contribution is -0.255. The molecule has 0 aliphatic carbocycles. The average molecular weight is 396 g/mol. The van der Waals surface area contributed by atoms with Crippen LogP contribution in [0.15, 0.2) is 41.6 Å². The Morgan fingerprint density at radius 1 is 1.24 bits per heavy atom. The summed E-state index contributed by atoms with van der Waals surface area (Å²) in [5.74, 6) is -2.27. The van der Waals surface area contributed by atoms with E-state index in [1.54, 1.807) is 0 Å². The molecule has 0 radical (unpaired) electrons. The van der Waals surface area contributed by atoms with E-state index in [-0.39, 0.29) is 22.0 Å². The van der Waals surface area contributed by atoms with Gasteiger partial charge in [0.15, 0.2) is 0 Å². The van der Waals surface area contributed by atoms with Gasteiger partial charge in [-0.15, -0.1) is 0 Å². The highest BCUT2D eigenvalue weighted by molar-refractivity contribution is 8.00. The van der Waals surface area contributed by atoms with E-state index in [1.165, 1.54) is 36.5 Å². The quantitative estimate of drug-likeness (QED) is 0.736. The molecule has 0 N–H and O–H groups in total. The molecule has 128 valence electrons. The minimum atomic E-state index is -1.39. The first-order valence-corrected chi connectivity index (χ1v) is 8.67. The van der Waals surface area contributed by atoms with Crippen LogP contribution in [0.5, 0.6) is 0 Å². The van der Waals surface area contributed by atoms with Crippen LogP contribution in [-0.4, -0.2) is 28.0 Å². The second-order valence-electron chi connectivity index (χ2n) is 5.12. The summed E-state index contributed by atoms with van der Waals surface area (Å²) in [6.45, 7) is 0. The number of amides is 2. The Morgan fingerprint density at radius 2 is 2.00 bits per heavy atom. The highest BCUT2D eigenvalue weighted by Gasteiger charge is 2.40. The number of thioether (sulfide) groups is 1. The number of hydrogen-bond donors (Lipinski definition) is 0. The summed E-state index contributed by atoms with van der Waals surface area (Å²) in [6, 6.07) is 7.24. The fraction of sp³-hybridized carbons (Fsp3) is 0.125. The van der Waals surface area contributed by atoms with E-state index in [0.717, 1.165) is 16.7 Å². The second kappa shape index (κ2) is 7.03. The van der Waals surface area contributed by atoms with Crippen molar-refractivity contribution in [1.29, 1.82) is 0 Å². The number of benzene rings is 1. The van der Waals surface area contributed by atoms with Gasteiger partial charge >= 0.3 is 0 Å². The van der Waals surface area contributed by atoms with Crippen LogP contribution in [0.25, 0.3) is 0 Å². The van der Waals surface area contributed by atoms with Crippen LogP contribution < -0.4 is 10.0 Å². The second-order valence-corrected chi connectivity index (χ2v) is 7.13. The molecule has 1 saturated heterocycles. The van der Waals surface area contributed by atoms with E-state index in [1.807, 2.05) is 0 Å². The first-order valence-electron chi connectivity index (χ1n) is 7.03. The summed E-state index contributed by atoms with van der Waals surface area (Å²) in [6.07, 6.45) is 1.33. The molecule has 0 bridgehead atoms. The molecular formula is C16H9Cl2N2O4S-. The van der Waals surface area contributed by atoms with Crippen molar-refractivity contribution in [2.45, 2.75) is 16.7 Å². The van der Waals surface area contributed by atoms with Crippen LogP contribution in [0.4, 0.5) is 5.69 Å². The van der Waals surface area contributed by atoms with Crippen molar-refractivity contribution in [2.24, 2.45) is 0 Å². The van der Waals surface area contributed by atoms with Crippen molar-refractivity contribution in [2.75, 3.05) is 4.90 Å². The first kappa shape index (κ1) is 17.7. The molecule has 25 heavy (non-hydrogen) atoms. The minimum Gasteiger partial charge on any atom is -0.545 e. The van der Waals surface area contributed by atoms with Gasteiger partial charge in [0.05, 0.1) is 27.0 Å². The lowest BCUT2D eigenvalue weighted by Crippen LogP contribution is -2.31. The standard InChI is InChI=1S/C16H10Cl2N2O4S/c17-10-4-3-8(6-11(10)18)20-13(21)7-12(15(20)22)25-14-9(16(23)24)2-1-5-19-14/h1-6,12H,7H2,(H,23,24)/p-1/t12-/m1/s1. The number of carbonyl (C=O) groups excluding carboxylic acids is 3.